The molecule has 0 saturated carbocycles. The fourth-order valence-electron chi connectivity index (χ4n) is 2.92. The molecule has 2 rings (SSSR count). The lowest BCUT2D eigenvalue weighted by atomic mass is 9.88. The summed E-state index contributed by atoms with van der Waals surface area (Å²) in [4.78, 5) is 14.2. The Hall–Kier alpha value is -1.15. The Morgan fingerprint density at radius 1 is 1.33 bits per heavy atom. The molecule has 1 aliphatic rings. The first-order chi connectivity index (χ1) is 8.56. The predicted octanol–water partition coefficient (Wildman–Crippen LogP) is 2.89. The molecule has 98 valence electrons. The van der Waals surface area contributed by atoms with Crippen LogP contribution in [0.25, 0.3) is 0 Å². The van der Waals surface area contributed by atoms with E-state index < -0.39 is 0 Å². The van der Waals surface area contributed by atoms with Gasteiger partial charge in [0.25, 0.3) is 0 Å². The number of fused-ring (bicyclic) bond motifs is 1. The van der Waals surface area contributed by atoms with Gasteiger partial charge in [-0.3, -0.25) is 9.69 Å². The fourth-order valence-corrected chi connectivity index (χ4v) is 2.92. The van der Waals surface area contributed by atoms with Crippen LogP contribution in [0.5, 0.6) is 0 Å². The van der Waals surface area contributed by atoms with Crippen LogP contribution in [0.4, 0.5) is 0 Å². The van der Waals surface area contributed by atoms with E-state index >= 15 is 0 Å². The van der Waals surface area contributed by atoms with Crippen LogP contribution in [0.15, 0.2) is 12.1 Å². The number of hydrogen-bond donors (Lipinski definition) is 0. The van der Waals surface area contributed by atoms with E-state index in [0.717, 1.165) is 19.4 Å². The van der Waals surface area contributed by atoms with Gasteiger partial charge in [0, 0.05) is 13.0 Å². The second kappa shape index (κ2) is 5.23. The number of carbonyl (C=O) groups is 1. The number of likely N-dealkylation sites (N-methyl/N-ethyl adjacent to an activating group) is 1. The van der Waals surface area contributed by atoms with Crippen LogP contribution in [0.3, 0.4) is 0 Å². The molecule has 2 nitrogen and oxygen atoms in total. The van der Waals surface area contributed by atoms with Crippen molar-refractivity contribution in [2.45, 2.75) is 52.6 Å². The Morgan fingerprint density at radius 2 is 2.06 bits per heavy atom. The molecule has 0 aliphatic carbocycles. The highest BCUT2D eigenvalue weighted by Gasteiger charge is 2.28. The summed E-state index contributed by atoms with van der Waals surface area (Å²) < 4.78 is 0. The lowest BCUT2D eigenvalue weighted by Crippen LogP contribution is -2.43. The van der Waals surface area contributed by atoms with Gasteiger partial charge in [0.2, 0.25) is 0 Å². The Kier molecular flexibility index (Phi) is 3.86. The fraction of sp³-hybridized carbons (Fsp3) is 0.562. The number of rotatable bonds is 3. The SMILES string of the molecule is CCC(=O)C1Cc2cc(CC)c(C)cc2CN1C. The molecule has 0 bridgehead atoms. The molecular formula is C16H23NO. The van der Waals surface area contributed by atoms with Gasteiger partial charge < -0.3 is 0 Å². The van der Waals surface area contributed by atoms with Crippen LogP contribution in [0.2, 0.25) is 0 Å². The topological polar surface area (TPSA) is 20.3 Å². The second-order valence-corrected chi connectivity index (χ2v) is 5.36. The summed E-state index contributed by atoms with van der Waals surface area (Å²) in [7, 11) is 2.06. The van der Waals surface area contributed by atoms with Crippen LogP contribution in [-0.4, -0.2) is 23.8 Å². The summed E-state index contributed by atoms with van der Waals surface area (Å²) in [5, 5.41) is 0. The van der Waals surface area contributed by atoms with Gasteiger partial charge in [0.1, 0.15) is 5.78 Å². The Labute approximate surface area is 110 Å². The molecule has 0 radical (unpaired) electrons. The van der Waals surface area contributed by atoms with E-state index in [4.69, 9.17) is 0 Å². The van der Waals surface area contributed by atoms with E-state index in [2.05, 4.69) is 37.9 Å². The second-order valence-electron chi connectivity index (χ2n) is 5.36. The third-order valence-corrected chi connectivity index (χ3v) is 4.12. The van der Waals surface area contributed by atoms with Crippen molar-refractivity contribution in [1.82, 2.24) is 4.90 Å². The molecule has 0 amide bonds. The Bertz CT molecular complexity index is 464. The highest BCUT2D eigenvalue weighted by molar-refractivity contribution is 5.84. The van der Waals surface area contributed by atoms with Crippen LogP contribution in [0, 0.1) is 6.92 Å². The molecule has 0 spiro atoms. The normalized spacial score (nSPS) is 19.7. The van der Waals surface area contributed by atoms with Gasteiger partial charge in [-0.2, -0.15) is 0 Å². The molecular weight excluding hydrogens is 222 g/mol. The predicted molar refractivity (Wildman–Crippen MR) is 74.8 cm³/mol. The molecule has 2 heteroatoms. The Balaban J connectivity index is 2.35. The number of Topliss-reactive ketones (excluding diaryl/α,β-unsaturated/α-hetero) is 1. The summed E-state index contributed by atoms with van der Waals surface area (Å²) in [6.45, 7) is 7.23. The molecule has 1 aromatic rings. The lowest BCUT2D eigenvalue weighted by Gasteiger charge is -2.33. The lowest BCUT2D eigenvalue weighted by molar-refractivity contribution is -0.124. The zero-order valence-corrected chi connectivity index (χ0v) is 11.9. The molecule has 0 saturated heterocycles. The van der Waals surface area contributed by atoms with E-state index in [1.165, 1.54) is 22.3 Å². The van der Waals surface area contributed by atoms with Crippen LogP contribution in [-0.2, 0) is 24.2 Å². The Morgan fingerprint density at radius 3 is 2.67 bits per heavy atom. The van der Waals surface area contributed by atoms with E-state index in [0.29, 0.717) is 12.2 Å². The maximum Gasteiger partial charge on any atom is 0.150 e. The van der Waals surface area contributed by atoms with Gasteiger partial charge in [-0.15, -0.1) is 0 Å². The minimum Gasteiger partial charge on any atom is -0.298 e. The largest absolute Gasteiger partial charge is 0.298 e. The van der Waals surface area contributed by atoms with E-state index in [-0.39, 0.29) is 6.04 Å². The molecule has 1 atom stereocenters. The quantitative estimate of drug-likeness (QED) is 0.816. The first kappa shape index (κ1) is 13.3. The van der Waals surface area contributed by atoms with Gasteiger partial charge in [0.05, 0.1) is 6.04 Å². The highest BCUT2D eigenvalue weighted by Crippen LogP contribution is 2.26. The van der Waals surface area contributed by atoms with Gasteiger partial charge >= 0.3 is 0 Å². The van der Waals surface area contributed by atoms with Crippen LogP contribution in [0.1, 0.15) is 42.5 Å². The first-order valence-corrected chi connectivity index (χ1v) is 6.91. The molecule has 1 aliphatic heterocycles. The van der Waals surface area contributed by atoms with Gasteiger partial charge in [-0.1, -0.05) is 26.0 Å². The summed E-state index contributed by atoms with van der Waals surface area (Å²) in [5.74, 6) is 0.363. The van der Waals surface area contributed by atoms with Gasteiger partial charge in [-0.25, -0.2) is 0 Å². The standard InChI is InChI=1S/C16H23NO/c1-5-12-8-13-9-15(16(18)6-2)17(4)10-14(13)7-11(12)3/h7-8,15H,5-6,9-10H2,1-4H3. The molecule has 1 heterocycles. The zero-order chi connectivity index (χ0) is 13.3. The van der Waals surface area contributed by atoms with Crippen molar-refractivity contribution in [3.05, 3.63) is 34.4 Å². The number of carbonyl (C=O) groups excluding carboxylic acids is 1. The number of nitrogens with zero attached hydrogens (tertiary/aromatic N) is 1. The van der Waals surface area contributed by atoms with Crippen molar-refractivity contribution < 1.29 is 4.79 Å². The average Bonchev–Trinajstić information content (AvgIpc) is 2.36. The minimum absolute atomic E-state index is 0.0786. The minimum atomic E-state index is 0.0786. The monoisotopic (exact) mass is 245 g/mol. The molecule has 18 heavy (non-hydrogen) atoms. The van der Waals surface area contributed by atoms with Crippen molar-refractivity contribution in [2.24, 2.45) is 0 Å². The number of benzene rings is 1. The van der Waals surface area contributed by atoms with Crippen molar-refractivity contribution in [3.63, 3.8) is 0 Å². The van der Waals surface area contributed by atoms with E-state index in [1.807, 2.05) is 6.92 Å². The molecule has 0 aromatic heterocycles. The molecule has 0 N–H and O–H groups in total. The third kappa shape index (κ3) is 2.35. The number of aryl methyl sites for hydroxylation is 2. The van der Waals surface area contributed by atoms with Gasteiger partial charge in [-0.05, 0) is 49.1 Å². The summed E-state index contributed by atoms with van der Waals surface area (Å²) in [5.41, 5.74) is 5.57. The number of ketones is 1. The van der Waals surface area contributed by atoms with Crippen molar-refractivity contribution in [2.75, 3.05) is 7.05 Å². The summed E-state index contributed by atoms with van der Waals surface area (Å²) in [6.07, 6.45) is 2.59. The molecule has 1 aromatic carbocycles. The van der Waals surface area contributed by atoms with Crippen LogP contribution < -0.4 is 0 Å². The van der Waals surface area contributed by atoms with E-state index in [1.54, 1.807) is 0 Å². The smallest absolute Gasteiger partial charge is 0.150 e. The maximum atomic E-state index is 12.0. The molecule has 0 fully saturated rings. The average molecular weight is 245 g/mol. The van der Waals surface area contributed by atoms with Crippen molar-refractivity contribution >= 4 is 5.78 Å². The first-order valence-electron chi connectivity index (χ1n) is 6.91. The third-order valence-electron chi connectivity index (χ3n) is 4.12. The maximum absolute atomic E-state index is 12.0. The van der Waals surface area contributed by atoms with Crippen molar-refractivity contribution in [1.29, 1.82) is 0 Å². The zero-order valence-electron chi connectivity index (χ0n) is 11.9. The van der Waals surface area contributed by atoms with E-state index in [9.17, 15) is 4.79 Å². The molecule has 1 unspecified atom stereocenters. The van der Waals surface area contributed by atoms with Gasteiger partial charge in [0.15, 0.2) is 0 Å². The number of hydrogen-bond acceptors (Lipinski definition) is 2. The summed E-state index contributed by atoms with van der Waals surface area (Å²) >= 11 is 0. The summed E-state index contributed by atoms with van der Waals surface area (Å²) in [6, 6.07) is 4.69. The highest BCUT2D eigenvalue weighted by atomic mass is 16.1. The van der Waals surface area contributed by atoms with Crippen LogP contribution >= 0.6 is 0 Å². The van der Waals surface area contributed by atoms with Crippen molar-refractivity contribution in [3.8, 4) is 0 Å².